The highest BCUT2D eigenvalue weighted by Gasteiger charge is 2.54. The molecule has 0 N–H and O–H groups in total. The molecule has 27 heavy (non-hydrogen) atoms. The molecule has 2 saturated heterocycles. The predicted octanol–water partition coefficient (Wildman–Crippen LogP) is 4.11. The van der Waals surface area contributed by atoms with E-state index in [1.165, 1.54) is 12.5 Å². The normalized spacial score (nSPS) is 42.1. The molecule has 0 amide bonds. The van der Waals surface area contributed by atoms with Crippen molar-refractivity contribution in [2.75, 3.05) is 0 Å². The van der Waals surface area contributed by atoms with Crippen LogP contribution in [0.25, 0.3) is 0 Å². The molecule has 3 aliphatic rings. The summed E-state index contributed by atoms with van der Waals surface area (Å²) in [6.07, 6.45) is 6.73. The van der Waals surface area contributed by atoms with Crippen LogP contribution in [0.4, 0.5) is 0 Å². The van der Waals surface area contributed by atoms with Gasteiger partial charge in [-0.05, 0) is 58.3 Å². The van der Waals surface area contributed by atoms with E-state index in [1.54, 1.807) is 0 Å². The average Bonchev–Trinajstić information content (AvgIpc) is 2.87. The summed E-state index contributed by atoms with van der Waals surface area (Å²) in [5.41, 5.74) is 1.16. The van der Waals surface area contributed by atoms with E-state index < -0.39 is 5.60 Å². The van der Waals surface area contributed by atoms with Crippen LogP contribution in [0.1, 0.15) is 66.2 Å². The van der Waals surface area contributed by atoms with Gasteiger partial charge < -0.3 is 14.2 Å². The number of rotatable bonds is 1. The second kappa shape index (κ2) is 7.78. The summed E-state index contributed by atoms with van der Waals surface area (Å²) in [6, 6.07) is 0. The van der Waals surface area contributed by atoms with Crippen molar-refractivity contribution in [2.24, 2.45) is 11.8 Å². The van der Waals surface area contributed by atoms with Gasteiger partial charge in [0.15, 0.2) is 0 Å². The topological polar surface area (TPSA) is 61.8 Å². The monoisotopic (exact) mass is 376 g/mol. The van der Waals surface area contributed by atoms with E-state index in [0.29, 0.717) is 18.4 Å². The van der Waals surface area contributed by atoms with Crippen LogP contribution >= 0.6 is 0 Å². The van der Waals surface area contributed by atoms with Gasteiger partial charge in [-0.2, -0.15) is 0 Å². The zero-order chi connectivity index (χ0) is 19.8. The Balaban J connectivity index is 1.96. The van der Waals surface area contributed by atoms with Crippen LogP contribution < -0.4 is 0 Å². The largest absolute Gasteiger partial charge is 0.457 e. The van der Waals surface area contributed by atoms with Crippen LogP contribution in [0, 0.1) is 11.8 Å². The molecule has 0 spiro atoms. The number of hydrogen-bond acceptors (Lipinski definition) is 5. The number of allylic oxidation sites excluding steroid dienone is 2. The number of esters is 2. The Hall–Kier alpha value is -1.62. The van der Waals surface area contributed by atoms with Gasteiger partial charge in [0.25, 0.3) is 0 Å². The Morgan fingerprint density at radius 1 is 1.37 bits per heavy atom. The maximum atomic E-state index is 12.2. The Morgan fingerprint density at radius 2 is 2.11 bits per heavy atom. The minimum atomic E-state index is -0.739. The minimum Gasteiger partial charge on any atom is -0.457 e. The maximum absolute atomic E-state index is 12.2. The van der Waals surface area contributed by atoms with Gasteiger partial charge >= 0.3 is 11.9 Å². The molecule has 2 bridgehead atoms. The van der Waals surface area contributed by atoms with E-state index in [0.717, 1.165) is 25.7 Å². The molecule has 5 heteroatoms. The first-order valence-corrected chi connectivity index (χ1v) is 10.1. The van der Waals surface area contributed by atoms with Gasteiger partial charge in [-0.3, -0.25) is 4.79 Å². The highest BCUT2D eigenvalue weighted by Crippen LogP contribution is 2.45. The highest BCUT2D eigenvalue weighted by atomic mass is 16.6. The van der Waals surface area contributed by atoms with Gasteiger partial charge in [0.1, 0.15) is 11.7 Å². The van der Waals surface area contributed by atoms with Crippen molar-refractivity contribution in [1.29, 1.82) is 0 Å². The summed E-state index contributed by atoms with van der Waals surface area (Å²) < 4.78 is 18.0. The Bertz CT molecular complexity index is 651. The number of ether oxygens (including phenoxy) is 3. The summed E-state index contributed by atoms with van der Waals surface area (Å²) >= 11 is 0. The van der Waals surface area contributed by atoms with Crippen LogP contribution in [-0.2, 0) is 23.8 Å². The molecule has 0 aromatic carbocycles. The molecule has 3 aliphatic heterocycles. The molecule has 150 valence electrons. The van der Waals surface area contributed by atoms with Crippen molar-refractivity contribution >= 4 is 11.9 Å². The fraction of sp³-hybridized carbons (Fsp3) is 0.727. The van der Waals surface area contributed by atoms with Crippen LogP contribution in [0.5, 0.6) is 0 Å². The van der Waals surface area contributed by atoms with Gasteiger partial charge in [0, 0.05) is 18.4 Å². The first kappa shape index (κ1) is 20.1. The van der Waals surface area contributed by atoms with Gasteiger partial charge in [-0.15, -0.1) is 0 Å². The molecule has 0 aromatic heterocycles. The van der Waals surface area contributed by atoms with Crippen molar-refractivity contribution in [3.63, 3.8) is 0 Å². The molecule has 0 saturated carbocycles. The number of carbonyl (C=O) groups is 2. The summed E-state index contributed by atoms with van der Waals surface area (Å²) in [4.78, 5) is 24.0. The summed E-state index contributed by atoms with van der Waals surface area (Å²) in [6.45, 7) is 11.7. The van der Waals surface area contributed by atoms with Gasteiger partial charge in [-0.1, -0.05) is 25.2 Å². The Kier molecular flexibility index (Phi) is 5.80. The first-order valence-electron chi connectivity index (χ1n) is 10.1. The van der Waals surface area contributed by atoms with E-state index in [-0.39, 0.29) is 42.1 Å². The van der Waals surface area contributed by atoms with Crippen molar-refractivity contribution < 1.29 is 23.8 Å². The minimum absolute atomic E-state index is 0.0706. The van der Waals surface area contributed by atoms with Crippen LogP contribution in [0.15, 0.2) is 23.8 Å². The molecular weight excluding hydrogens is 344 g/mol. The van der Waals surface area contributed by atoms with Gasteiger partial charge in [-0.25, -0.2) is 4.79 Å². The van der Waals surface area contributed by atoms with Crippen molar-refractivity contribution in [3.8, 4) is 0 Å². The average molecular weight is 376 g/mol. The molecule has 0 radical (unpaired) electrons. The second-order valence-corrected chi connectivity index (χ2v) is 8.69. The SMILES string of the molecule is C=C1C(=O)O[C@H]2[C@H]3O[C@@H](C[C@@H]12)[C@](C)(OC(C)=O)CC/C=C(/C)CCC[C@H]3C. The van der Waals surface area contributed by atoms with E-state index in [9.17, 15) is 9.59 Å². The zero-order valence-corrected chi connectivity index (χ0v) is 17.0. The first-order chi connectivity index (χ1) is 12.7. The quantitative estimate of drug-likeness (QED) is 0.391. The summed E-state index contributed by atoms with van der Waals surface area (Å²) in [5, 5.41) is 0. The predicted molar refractivity (Wildman–Crippen MR) is 102 cm³/mol. The molecule has 6 atom stereocenters. The Labute approximate surface area is 162 Å². The molecule has 3 rings (SSSR count). The van der Waals surface area contributed by atoms with Crippen LogP contribution in [-0.4, -0.2) is 35.9 Å². The van der Waals surface area contributed by atoms with E-state index in [2.05, 4.69) is 26.5 Å². The smallest absolute Gasteiger partial charge is 0.334 e. The molecule has 0 aromatic rings. The lowest BCUT2D eigenvalue weighted by Gasteiger charge is -2.46. The maximum Gasteiger partial charge on any atom is 0.334 e. The van der Waals surface area contributed by atoms with E-state index >= 15 is 0 Å². The lowest BCUT2D eigenvalue weighted by molar-refractivity contribution is -0.220. The number of fused-ring (bicyclic) bond motifs is 4. The van der Waals surface area contributed by atoms with Gasteiger partial charge in [0.2, 0.25) is 0 Å². The van der Waals surface area contributed by atoms with Crippen molar-refractivity contribution in [2.45, 2.75) is 90.1 Å². The molecule has 0 unspecified atom stereocenters. The lowest BCUT2D eigenvalue weighted by atomic mass is 9.76. The van der Waals surface area contributed by atoms with Crippen molar-refractivity contribution in [3.05, 3.63) is 23.8 Å². The third-order valence-corrected chi connectivity index (χ3v) is 6.45. The lowest BCUT2D eigenvalue weighted by Crippen LogP contribution is -2.55. The fourth-order valence-electron chi connectivity index (χ4n) is 4.79. The number of carbonyl (C=O) groups excluding carboxylic acids is 2. The van der Waals surface area contributed by atoms with E-state index in [1.807, 2.05) is 6.92 Å². The number of hydrogen-bond donors (Lipinski definition) is 0. The highest BCUT2D eigenvalue weighted by molar-refractivity contribution is 5.91. The molecule has 3 heterocycles. The molecule has 5 nitrogen and oxygen atoms in total. The van der Waals surface area contributed by atoms with E-state index in [4.69, 9.17) is 14.2 Å². The van der Waals surface area contributed by atoms with Gasteiger partial charge in [0.05, 0.1) is 12.2 Å². The molecular formula is C22H32O5. The second-order valence-electron chi connectivity index (χ2n) is 8.69. The Morgan fingerprint density at radius 3 is 2.81 bits per heavy atom. The molecule has 0 aliphatic carbocycles. The molecule has 2 fully saturated rings. The van der Waals surface area contributed by atoms with Crippen molar-refractivity contribution in [1.82, 2.24) is 0 Å². The third-order valence-electron chi connectivity index (χ3n) is 6.45. The van der Waals surface area contributed by atoms with Crippen LogP contribution in [0.2, 0.25) is 0 Å². The third kappa shape index (κ3) is 4.13. The summed E-state index contributed by atoms with van der Waals surface area (Å²) in [5.74, 6) is -0.452. The zero-order valence-electron chi connectivity index (χ0n) is 17.0. The summed E-state index contributed by atoms with van der Waals surface area (Å²) in [7, 11) is 0. The standard InChI is InChI=1S/C22H32O5/c1-13-8-6-10-14(2)19-20-17(15(3)21(24)26-20)12-18(25-19)22(5,11-7-9-13)27-16(4)23/h9,14,17-20H,3,6-8,10-12H2,1-2,4-5H3/b13-9-/t14-,17+,18+,19+,20-,22-/m1/s1. The van der Waals surface area contributed by atoms with Crippen LogP contribution in [0.3, 0.4) is 0 Å². The fourth-order valence-corrected chi connectivity index (χ4v) is 4.79.